The van der Waals surface area contributed by atoms with Crippen molar-refractivity contribution in [2.45, 2.75) is 73.4 Å². The number of benzene rings is 2. The van der Waals surface area contributed by atoms with Crippen molar-refractivity contribution in [1.82, 2.24) is 4.90 Å². The van der Waals surface area contributed by atoms with E-state index in [-0.39, 0.29) is 24.2 Å². The molecule has 0 aliphatic rings. The molecular weight excluding hydrogens is 510 g/mol. The molecule has 0 spiro atoms. The summed E-state index contributed by atoms with van der Waals surface area (Å²) < 4.78 is 10.4. The number of carbonyl (C=O) groups excluding carboxylic acids is 3. The second-order valence-corrected chi connectivity index (χ2v) is 10.9. The quantitative estimate of drug-likeness (QED) is 0.0777. The van der Waals surface area contributed by atoms with Crippen molar-refractivity contribution in [2.75, 3.05) is 6.79 Å². The van der Waals surface area contributed by atoms with E-state index in [4.69, 9.17) is 20.8 Å². The number of nitrogens with zero attached hydrogens (tertiary/aromatic N) is 3. The molecule has 10 nitrogen and oxygen atoms in total. The van der Waals surface area contributed by atoms with Crippen LogP contribution in [0.1, 0.15) is 71.9 Å². The third kappa shape index (κ3) is 8.72. The van der Waals surface area contributed by atoms with Crippen LogP contribution in [0.5, 0.6) is 0 Å². The molecule has 1 amide bonds. The van der Waals surface area contributed by atoms with Crippen LogP contribution in [0.25, 0.3) is 11.1 Å². The molecule has 4 N–H and O–H groups in total. The number of hydrogen-bond donors (Lipinski definition) is 2. The van der Waals surface area contributed by atoms with E-state index in [0.717, 1.165) is 23.1 Å². The van der Waals surface area contributed by atoms with Crippen LogP contribution in [0.3, 0.4) is 0 Å². The molecule has 0 unspecified atom stereocenters. The van der Waals surface area contributed by atoms with Crippen molar-refractivity contribution in [3.63, 3.8) is 0 Å². The Morgan fingerprint density at radius 2 is 1.68 bits per heavy atom. The normalized spacial score (nSPS) is 12.5. The second kappa shape index (κ2) is 14.9. The summed E-state index contributed by atoms with van der Waals surface area (Å²) in [6.45, 7) is 10.5. The van der Waals surface area contributed by atoms with Gasteiger partial charge in [0.05, 0.1) is 5.41 Å². The van der Waals surface area contributed by atoms with Gasteiger partial charge in [0.1, 0.15) is 6.04 Å². The smallest absolute Gasteiger partial charge is 0.332 e. The van der Waals surface area contributed by atoms with Crippen LogP contribution in [-0.4, -0.2) is 41.4 Å². The number of esters is 2. The largest absolute Gasteiger partial charge is 0.427 e. The lowest BCUT2D eigenvalue weighted by Gasteiger charge is -2.33. The molecule has 0 fully saturated rings. The van der Waals surface area contributed by atoms with Gasteiger partial charge in [0.25, 0.3) is 0 Å². The maximum Gasteiger partial charge on any atom is 0.332 e. The Kier molecular flexibility index (Phi) is 12.0. The van der Waals surface area contributed by atoms with E-state index in [2.05, 4.69) is 10.2 Å². The number of amides is 1. The third-order valence-corrected chi connectivity index (χ3v) is 6.31. The minimum atomic E-state index is -0.854. The zero-order valence-corrected chi connectivity index (χ0v) is 24.3. The predicted molar refractivity (Wildman–Crippen MR) is 152 cm³/mol. The standard InChI is InChI=1S/C30H41N5O5/c1-7-8-13-25(36)35(26(20(2)3)28(37)39-19-40-29(38)30(4,5)6)18-21-14-16-22(17-15-21)23-11-9-10-12-24(23)27(33-31)34-32/h9-12,14-17,20,26,31H,7-8,13,18-19,32H2,1-6H3/p+1/b33-31?,34-27-/t26-/m0/s1. The molecule has 2 aromatic rings. The first-order valence-electron chi connectivity index (χ1n) is 13.4. The summed E-state index contributed by atoms with van der Waals surface area (Å²) in [7, 11) is 0. The Labute approximate surface area is 236 Å². The van der Waals surface area contributed by atoms with Gasteiger partial charge in [-0.3, -0.25) is 9.59 Å². The fourth-order valence-corrected chi connectivity index (χ4v) is 4.10. The van der Waals surface area contributed by atoms with E-state index >= 15 is 0 Å². The Balaban J connectivity index is 2.32. The van der Waals surface area contributed by atoms with Crippen LogP contribution in [0.15, 0.2) is 58.7 Å². The van der Waals surface area contributed by atoms with Gasteiger partial charge in [0.15, 0.2) is 0 Å². The molecule has 40 heavy (non-hydrogen) atoms. The molecule has 2 aromatic carbocycles. The molecule has 2 rings (SSSR count). The topological polar surface area (TPSA) is 149 Å². The summed E-state index contributed by atoms with van der Waals surface area (Å²) in [6.07, 6.45) is 1.85. The molecule has 216 valence electrons. The first kappa shape index (κ1) is 32.1. The summed E-state index contributed by atoms with van der Waals surface area (Å²) >= 11 is 0. The number of hydrazone groups is 1. The molecule has 0 bridgehead atoms. The molecule has 0 aliphatic heterocycles. The van der Waals surface area contributed by atoms with Gasteiger partial charge < -0.3 is 20.2 Å². The fraction of sp³-hybridized carbons (Fsp3) is 0.467. The van der Waals surface area contributed by atoms with Gasteiger partial charge in [-0.1, -0.05) is 75.7 Å². The van der Waals surface area contributed by atoms with Gasteiger partial charge in [-0.05, 0) is 49.8 Å². The van der Waals surface area contributed by atoms with Crippen molar-refractivity contribution in [3.8, 4) is 11.1 Å². The number of unbranched alkanes of at least 4 members (excludes halogenated alkanes) is 1. The van der Waals surface area contributed by atoms with Crippen molar-refractivity contribution in [2.24, 2.45) is 27.4 Å². The zero-order valence-electron chi connectivity index (χ0n) is 24.3. The number of ether oxygens (including phenoxy) is 2. The molecule has 0 saturated heterocycles. The van der Waals surface area contributed by atoms with Gasteiger partial charge in [-0.15, -0.1) is 0 Å². The Bertz CT molecular complexity index is 1200. The minimum absolute atomic E-state index is 0.146. The van der Waals surface area contributed by atoms with E-state index < -0.39 is 30.2 Å². The molecule has 0 aromatic heterocycles. The lowest BCUT2D eigenvalue weighted by molar-refractivity contribution is -0.206. The van der Waals surface area contributed by atoms with Crippen LogP contribution in [0.4, 0.5) is 0 Å². The number of nitrogens with two attached hydrogens (primary N) is 2. The first-order valence-corrected chi connectivity index (χ1v) is 13.4. The van der Waals surface area contributed by atoms with Gasteiger partial charge in [-0.25, -0.2) is 4.79 Å². The van der Waals surface area contributed by atoms with Crippen LogP contribution in [0, 0.1) is 11.3 Å². The highest BCUT2D eigenvalue weighted by Crippen LogP contribution is 2.26. The van der Waals surface area contributed by atoms with Crippen molar-refractivity contribution >= 4 is 23.7 Å². The highest BCUT2D eigenvalue weighted by atomic mass is 16.7. The fourth-order valence-electron chi connectivity index (χ4n) is 4.10. The Hall–Kier alpha value is -4.08. The van der Waals surface area contributed by atoms with E-state index in [1.165, 1.54) is 0 Å². The number of carbonyl (C=O) groups is 3. The highest BCUT2D eigenvalue weighted by molar-refractivity contribution is 6.04. The van der Waals surface area contributed by atoms with Crippen molar-refractivity contribution in [1.29, 1.82) is 0 Å². The van der Waals surface area contributed by atoms with Gasteiger partial charge in [0, 0.05) is 23.6 Å². The van der Waals surface area contributed by atoms with E-state index in [0.29, 0.717) is 18.4 Å². The SMILES string of the molecule is CCCCC(=O)N(Cc1ccc(-c2ccccc2/C(N=[NH2+])=N/N)cc1)[C@H](C(=O)OCOC(=O)C(C)(C)C)C(C)C. The van der Waals surface area contributed by atoms with E-state index in [9.17, 15) is 14.4 Å². The third-order valence-electron chi connectivity index (χ3n) is 6.31. The molecule has 0 saturated carbocycles. The zero-order chi connectivity index (χ0) is 29.9. The van der Waals surface area contributed by atoms with Crippen LogP contribution in [-0.2, 0) is 30.4 Å². The first-order chi connectivity index (χ1) is 18.9. The number of hydrogen-bond acceptors (Lipinski definition) is 7. The molecule has 0 aliphatic carbocycles. The number of rotatable bonds is 12. The van der Waals surface area contributed by atoms with Crippen LogP contribution < -0.4 is 11.4 Å². The summed E-state index contributed by atoms with van der Waals surface area (Å²) in [5.74, 6) is 4.19. The average Bonchev–Trinajstić information content (AvgIpc) is 2.92. The predicted octanol–water partition coefficient (Wildman–Crippen LogP) is 3.82. The molecule has 0 radical (unpaired) electrons. The Morgan fingerprint density at radius 1 is 1.02 bits per heavy atom. The summed E-state index contributed by atoms with van der Waals surface area (Å²) in [6, 6.07) is 14.3. The monoisotopic (exact) mass is 552 g/mol. The second-order valence-electron chi connectivity index (χ2n) is 10.9. The molecule has 0 heterocycles. The van der Waals surface area contributed by atoms with E-state index in [1.807, 2.05) is 69.3 Å². The highest BCUT2D eigenvalue weighted by Gasteiger charge is 2.34. The molecular formula is C30H42N5O5+. The summed E-state index contributed by atoms with van der Waals surface area (Å²) in [5, 5.41) is 7.34. The lowest BCUT2D eigenvalue weighted by atomic mass is 9.97. The van der Waals surface area contributed by atoms with Crippen molar-refractivity contribution in [3.05, 3.63) is 59.7 Å². The maximum absolute atomic E-state index is 13.3. The van der Waals surface area contributed by atoms with Gasteiger partial charge in [-0.2, -0.15) is 10.6 Å². The molecule has 1 atom stereocenters. The summed E-state index contributed by atoms with van der Waals surface area (Å²) in [4.78, 5) is 40.1. The molecule has 10 heteroatoms. The lowest BCUT2D eigenvalue weighted by Crippen LogP contribution is -2.48. The average molecular weight is 553 g/mol. The minimum Gasteiger partial charge on any atom is -0.427 e. The maximum atomic E-state index is 13.3. The van der Waals surface area contributed by atoms with Gasteiger partial charge >= 0.3 is 11.9 Å². The summed E-state index contributed by atoms with van der Waals surface area (Å²) in [5.41, 5.74) is 7.98. The van der Waals surface area contributed by atoms with Crippen LogP contribution >= 0.6 is 0 Å². The van der Waals surface area contributed by atoms with Crippen LogP contribution in [0.2, 0.25) is 0 Å². The van der Waals surface area contributed by atoms with Gasteiger partial charge in [0.2, 0.25) is 18.5 Å². The Morgan fingerprint density at radius 3 is 2.23 bits per heavy atom. The number of amidine groups is 1. The van der Waals surface area contributed by atoms with E-state index in [1.54, 1.807) is 25.7 Å². The van der Waals surface area contributed by atoms with Crippen molar-refractivity contribution < 1.29 is 29.4 Å².